The highest BCUT2D eigenvalue weighted by Gasteiger charge is 2.36. The van der Waals surface area contributed by atoms with Gasteiger partial charge in [-0.05, 0) is 88.2 Å². The molecule has 4 atom stereocenters. The summed E-state index contributed by atoms with van der Waals surface area (Å²) in [5.41, 5.74) is 7.83. The Labute approximate surface area is 224 Å². The van der Waals surface area contributed by atoms with Gasteiger partial charge in [0.1, 0.15) is 11.6 Å². The summed E-state index contributed by atoms with van der Waals surface area (Å²) in [6, 6.07) is 9.03. The Kier molecular flexibility index (Phi) is 9.39. The number of amides is 1. The van der Waals surface area contributed by atoms with E-state index >= 15 is 0 Å². The standard InChI is InChI=1S/C30H39F2N3O3/c1-19(13-21-7-9-23(31)17-25(21)32)18-35(30(36)22-8-11-28(37-2)29(16-22)38-3)27(26-5-4-12-34-26)15-20-6-10-24(33)14-20/h7-9,11,13,16-17,20,24,26-27,34H,4-6,10,12,14-15,18,33H2,1-3H3/t20?,24-,26?,27+/m1/s1. The highest BCUT2D eigenvalue weighted by atomic mass is 19.1. The number of methoxy groups -OCH3 is 2. The first kappa shape index (κ1) is 28.0. The fourth-order valence-corrected chi connectivity index (χ4v) is 5.89. The summed E-state index contributed by atoms with van der Waals surface area (Å²) >= 11 is 0. The zero-order chi connectivity index (χ0) is 27.2. The van der Waals surface area contributed by atoms with Crippen molar-refractivity contribution in [1.82, 2.24) is 10.2 Å². The molecule has 2 aromatic rings. The third-order valence-electron chi connectivity index (χ3n) is 7.80. The molecule has 2 unspecified atom stereocenters. The first-order valence-electron chi connectivity index (χ1n) is 13.4. The molecule has 1 aliphatic carbocycles. The number of carbonyl (C=O) groups excluding carboxylic acids is 1. The Balaban J connectivity index is 1.70. The van der Waals surface area contributed by atoms with Crippen molar-refractivity contribution in [3.63, 3.8) is 0 Å². The van der Waals surface area contributed by atoms with Crippen molar-refractivity contribution in [3.05, 3.63) is 64.7 Å². The van der Waals surface area contributed by atoms with E-state index in [1.165, 1.54) is 12.1 Å². The van der Waals surface area contributed by atoms with Gasteiger partial charge in [0.25, 0.3) is 5.91 Å². The molecular weight excluding hydrogens is 488 g/mol. The van der Waals surface area contributed by atoms with Gasteiger partial charge < -0.3 is 25.4 Å². The monoisotopic (exact) mass is 527 g/mol. The number of halogens is 2. The maximum atomic E-state index is 14.4. The van der Waals surface area contributed by atoms with Crippen LogP contribution in [0, 0.1) is 17.6 Å². The predicted octanol–water partition coefficient (Wildman–Crippen LogP) is 5.17. The molecule has 4 rings (SSSR count). The Morgan fingerprint density at radius 3 is 2.55 bits per heavy atom. The molecule has 1 heterocycles. The summed E-state index contributed by atoms with van der Waals surface area (Å²) in [6.45, 7) is 3.10. The van der Waals surface area contributed by atoms with Gasteiger partial charge in [-0.15, -0.1) is 0 Å². The first-order valence-corrected chi connectivity index (χ1v) is 13.4. The molecule has 1 saturated heterocycles. The topological polar surface area (TPSA) is 76.8 Å². The Morgan fingerprint density at radius 1 is 1.13 bits per heavy atom. The summed E-state index contributed by atoms with van der Waals surface area (Å²) in [4.78, 5) is 16.1. The lowest BCUT2D eigenvalue weighted by Crippen LogP contribution is -2.51. The molecule has 1 amide bonds. The second kappa shape index (κ2) is 12.7. The van der Waals surface area contributed by atoms with Gasteiger partial charge in [0.05, 0.1) is 14.2 Å². The largest absolute Gasteiger partial charge is 0.493 e. The minimum atomic E-state index is -0.629. The molecule has 6 nitrogen and oxygen atoms in total. The lowest BCUT2D eigenvalue weighted by atomic mass is 9.90. The molecule has 1 saturated carbocycles. The van der Waals surface area contributed by atoms with Crippen LogP contribution in [-0.2, 0) is 0 Å². The molecule has 2 fully saturated rings. The van der Waals surface area contributed by atoms with Crippen LogP contribution in [0.5, 0.6) is 11.5 Å². The summed E-state index contributed by atoms with van der Waals surface area (Å²) in [5.74, 6) is 0.0978. The summed E-state index contributed by atoms with van der Waals surface area (Å²) in [5, 5.41) is 3.62. The molecule has 0 spiro atoms. The number of ether oxygens (including phenoxy) is 2. The quantitative estimate of drug-likeness (QED) is 0.446. The number of nitrogens with zero attached hydrogens (tertiary/aromatic N) is 1. The summed E-state index contributed by atoms with van der Waals surface area (Å²) in [7, 11) is 3.10. The van der Waals surface area contributed by atoms with Crippen LogP contribution in [0.25, 0.3) is 6.08 Å². The molecule has 0 aromatic heterocycles. The maximum absolute atomic E-state index is 14.4. The van der Waals surface area contributed by atoms with Gasteiger partial charge in [-0.3, -0.25) is 4.79 Å². The molecule has 0 radical (unpaired) electrons. The molecule has 2 aromatic carbocycles. The number of benzene rings is 2. The van der Waals surface area contributed by atoms with Crippen LogP contribution in [0.15, 0.2) is 42.0 Å². The zero-order valence-electron chi connectivity index (χ0n) is 22.5. The average Bonchev–Trinajstić information content (AvgIpc) is 3.59. The van der Waals surface area contributed by atoms with Crippen LogP contribution < -0.4 is 20.5 Å². The number of carbonyl (C=O) groups is 1. The van der Waals surface area contributed by atoms with Crippen LogP contribution in [0.2, 0.25) is 0 Å². The van der Waals surface area contributed by atoms with Crippen molar-refractivity contribution in [3.8, 4) is 11.5 Å². The second-order valence-electron chi connectivity index (χ2n) is 10.6. The predicted molar refractivity (Wildman–Crippen MR) is 145 cm³/mol. The number of rotatable bonds is 10. The van der Waals surface area contributed by atoms with Gasteiger partial charge in [0, 0.05) is 41.9 Å². The Bertz CT molecular complexity index is 1150. The van der Waals surface area contributed by atoms with E-state index in [4.69, 9.17) is 15.2 Å². The number of hydrogen-bond donors (Lipinski definition) is 2. The van der Waals surface area contributed by atoms with Gasteiger partial charge in [0.2, 0.25) is 0 Å². The van der Waals surface area contributed by atoms with E-state index in [0.29, 0.717) is 35.1 Å². The van der Waals surface area contributed by atoms with Gasteiger partial charge in [-0.1, -0.05) is 11.6 Å². The highest BCUT2D eigenvalue weighted by molar-refractivity contribution is 5.95. The summed E-state index contributed by atoms with van der Waals surface area (Å²) in [6.07, 6.45) is 7.59. The van der Waals surface area contributed by atoms with Crippen molar-refractivity contribution in [2.75, 3.05) is 27.3 Å². The van der Waals surface area contributed by atoms with E-state index in [0.717, 1.165) is 56.7 Å². The van der Waals surface area contributed by atoms with Crippen molar-refractivity contribution in [2.45, 2.75) is 63.6 Å². The van der Waals surface area contributed by atoms with E-state index in [9.17, 15) is 13.6 Å². The molecule has 8 heteroatoms. The van der Waals surface area contributed by atoms with E-state index in [1.54, 1.807) is 38.5 Å². The van der Waals surface area contributed by atoms with Crippen LogP contribution in [0.3, 0.4) is 0 Å². The Morgan fingerprint density at radius 2 is 1.92 bits per heavy atom. The lowest BCUT2D eigenvalue weighted by Gasteiger charge is -2.38. The van der Waals surface area contributed by atoms with E-state index in [1.807, 2.05) is 11.8 Å². The minimum absolute atomic E-state index is 0.0604. The smallest absolute Gasteiger partial charge is 0.254 e. The van der Waals surface area contributed by atoms with Gasteiger partial charge >= 0.3 is 0 Å². The molecule has 3 N–H and O–H groups in total. The van der Waals surface area contributed by atoms with Crippen LogP contribution >= 0.6 is 0 Å². The van der Waals surface area contributed by atoms with Crippen molar-refractivity contribution in [2.24, 2.45) is 11.7 Å². The van der Waals surface area contributed by atoms with E-state index < -0.39 is 11.6 Å². The summed E-state index contributed by atoms with van der Waals surface area (Å²) < 4.78 is 38.7. The van der Waals surface area contributed by atoms with Crippen molar-refractivity contribution in [1.29, 1.82) is 0 Å². The number of nitrogens with one attached hydrogen (secondary N) is 1. The van der Waals surface area contributed by atoms with Gasteiger partial charge in [-0.25, -0.2) is 8.78 Å². The fraction of sp³-hybridized carbons (Fsp3) is 0.500. The number of nitrogens with two attached hydrogens (primary N) is 1. The highest BCUT2D eigenvalue weighted by Crippen LogP contribution is 2.34. The van der Waals surface area contributed by atoms with Crippen molar-refractivity contribution < 1.29 is 23.0 Å². The Hall–Kier alpha value is -2.97. The van der Waals surface area contributed by atoms with E-state index in [-0.39, 0.29) is 24.0 Å². The zero-order valence-corrected chi connectivity index (χ0v) is 22.5. The maximum Gasteiger partial charge on any atom is 0.254 e. The van der Waals surface area contributed by atoms with Crippen LogP contribution in [-0.4, -0.2) is 56.2 Å². The molecule has 206 valence electrons. The van der Waals surface area contributed by atoms with Gasteiger partial charge in [-0.2, -0.15) is 0 Å². The third kappa shape index (κ3) is 6.72. The van der Waals surface area contributed by atoms with Gasteiger partial charge in [0.15, 0.2) is 11.5 Å². The van der Waals surface area contributed by atoms with Crippen LogP contribution in [0.1, 0.15) is 61.4 Å². The van der Waals surface area contributed by atoms with E-state index in [2.05, 4.69) is 5.32 Å². The first-order chi connectivity index (χ1) is 18.3. The number of hydrogen-bond acceptors (Lipinski definition) is 5. The lowest BCUT2D eigenvalue weighted by molar-refractivity contribution is 0.0629. The molecule has 2 aliphatic rings. The molecule has 38 heavy (non-hydrogen) atoms. The second-order valence-corrected chi connectivity index (χ2v) is 10.6. The molecule has 1 aliphatic heterocycles. The normalized spacial score (nSPS) is 22.4. The fourth-order valence-electron chi connectivity index (χ4n) is 5.89. The van der Waals surface area contributed by atoms with Crippen LogP contribution in [0.4, 0.5) is 8.78 Å². The average molecular weight is 528 g/mol. The molecular formula is C30H39F2N3O3. The third-order valence-corrected chi connectivity index (χ3v) is 7.80. The minimum Gasteiger partial charge on any atom is -0.493 e. The SMILES string of the molecule is COc1ccc(C(=O)N(CC(C)=Cc2ccc(F)cc2F)[C@@H](CC2CC[C@@H](N)C2)C2CCCN2)cc1OC. The molecule has 0 bridgehead atoms. The van der Waals surface area contributed by atoms with Crippen molar-refractivity contribution >= 4 is 12.0 Å².